The van der Waals surface area contributed by atoms with E-state index in [9.17, 15) is 5.11 Å². The SMILES string of the molecule is Oc1c([C@]2(c3ccccc3)C[C@H](c3ccccc3)c3ccc4ccccc4c3O2)ccc2ccccc12. The van der Waals surface area contributed by atoms with Gasteiger partial charge in [0, 0.05) is 39.8 Å². The molecule has 0 aromatic heterocycles. The van der Waals surface area contributed by atoms with Crippen LogP contribution in [0, 0.1) is 0 Å². The number of ether oxygens (including phenoxy) is 1. The molecule has 1 aliphatic heterocycles. The number of hydrogen-bond donors (Lipinski definition) is 1. The predicted molar refractivity (Wildman–Crippen MR) is 150 cm³/mol. The fourth-order valence-electron chi connectivity index (χ4n) is 6.03. The second-order valence-corrected chi connectivity index (χ2v) is 9.85. The smallest absolute Gasteiger partial charge is 0.164 e. The molecule has 1 N–H and O–H groups in total. The Bertz CT molecular complexity index is 1740. The summed E-state index contributed by atoms with van der Waals surface area (Å²) in [6.45, 7) is 0. The molecule has 0 saturated heterocycles. The highest BCUT2D eigenvalue weighted by molar-refractivity contribution is 5.92. The zero-order valence-electron chi connectivity index (χ0n) is 20.3. The van der Waals surface area contributed by atoms with E-state index in [1.165, 1.54) is 11.1 Å². The van der Waals surface area contributed by atoms with Gasteiger partial charge < -0.3 is 9.84 Å². The van der Waals surface area contributed by atoms with Crippen LogP contribution in [0.15, 0.2) is 133 Å². The third-order valence-electron chi connectivity index (χ3n) is 7.83. The first kappa shape index (κ1) is 21.7. The van der Waals surface area contributed by atoms with Gasteiger partial charge in [0.1, 0.15) is 11.5 Å². The standard InChI is InChI=1S/C35H26O2/c36-33-28-17-9-7-13-25(28)20-22-32(33)35(27-15-5-2-6-16-27)23-31(24-11-3-1-4-12-24)30-21-19-26-14-8-10-18-29(26)34(30)37-35/h1-22,31,36H,23H2/t31-,35-/m1/s1. The quantitative estimate of drug-likeness (QED) is 0.276. The van der Waals surface area contributed by atoms with Crippen LogP contribution in [0.1, 0.15) is 34.6 Å². The maximum Gasteiger partial charge on any atom is 0.164 e. The van der Waals surface area contributed by atoms with E-state index in [1.807, 2.05) is 36.4 Å². The van der Waals surface area contributed by atoms with E-state index >= 15 is 0 Å². The number of benzene rings is 6. The minimum atomic E-state index is -0.882. The van der Waals surface area contributed by atoms with Crippen LogP contribution in [0.3, 0.4) is 0 Å². The first-order valence-electron chi connectivity index (χ1n) is 12.8. The molecule has 37 heavy (non-hydrogen) atoms. The molecule has 2 heteroatoms. The van der Waals surface area contributed by atoms with Crippen molar-refractivity contribution in [2.45, 2.75) is 17.9 Å². The summed E-state index contributed by atoms with van der Waals surface area (Å²) in [5, 5.41) is 15.8. The molecule has 2 nitrogen and oxygen atoms in total. The summed E-state index contributed by atoms with van der Waals surface area (Å²) in [6, 6.07) is 45.9. The molecule has 7 rings (SSSR count). The van der Waals surface area contributed by atoms with Crippen molar-refractivity contribution in [1.29, 1.82) is 0 Å². The molecule has 2 atom stereocenters. The summed E-state index contributed by atoms with van der Waals surface area (Å²) in [7, 11) is 0. The molecule has 0 unspecified atom stereocenters. The van der Waals surface area contributed by atoms with Crippen molar-refractivity contribution in [3.05, 3.63) is 156 Å². The molecule has 0 amide bonds. The lowest BCUT2D eigenvalue weighted by Gasteiger charge is -2.44. The van der Waals surface area contributed by atoms with Gasteiger partial charge in [-0.25, -0.2) is 0 Å². The van der Waals surface area contributed by atoms with Crippen LogP contribution in [-0.2, 0) is 5.60 Å². The Morgan fingerprint density at radius 3 is 1.95 bits per heavy atom. The van der Waals surface area contributed by atoms with Gasteiger partial charge in [0.05, 0.1) is 0 Å². The van der Waals surface area contributed by atoms with Crippen molar-refractivity contribution >= 4 is 21.5 Å². The fourth-order valence-corrected chi connectivity index (χ4v) is 6.03. The number of aromatic hydroxyl groups is 1. The molecule has 178 valence electrons. The van der Waals surface area contributed by atoms with Crippen LogP contribution in [0.4, 0.5) is 0 Å². The lowest BCUT2D eigenvalue weighted by molar-refractivity contribution is 0.0774. The van der Waals surface area contributed by atoms with Crippen molar-refractivity contribution < 1.29 is 9.84 Å². The highest BCUT2D eigenvalue weighted by Gasteiger charge is 2.46. The first-order valence-corrected chi connectivity index (χ1v) is 12.8. The maximum atomic E-state index is 11.8. The summed E-state index contributed by atoms with van der Waals surface area (Å²) in [4.78, 5) is 0. The summed E-state index contributed by atoms with van der Waals surface area (Å²) in [5.41, 5.74) is 3.35. The average molecular weight is 479 g/mol. The van der Waals surface area contributed by atoms with Gasteiger partial charge in [0.25, 0.3) is 0 Å². The molecule has 0 saturated carbocycles. The van der Waals surface area contributed by atoms with Gasteiger partial charge in [-0.2, -0.15) is 0 Å². The van der Waals surface area contributed by atoms with E-state index in [-0.39, 0.29) is 11.7 Å². The molecule has 1 heterocycles. The van der Waals surface area contributed by atoms with Gasteiger partial charge in [-0.15, -0.1) is 0 Å². The van der Waals surface area contributed by atoms with Crippen molar-refractivity contribution in [2.24, 2.45) is 0 Å². The number of phenols is 1. The average Bonchev–Trinajstić information content (AvgIpc) is 2.98. The molecule has 0 aliphatic carbocycles. The third-order valence-corrected chi connectivity index (χ3v) is 7.83. The van der Waals surface area contributed by atoms with E-state index in [0.29, 0.717) is 6.42 Å². The van der Waals surface area contributed by atoms with Crippen molar-refractivity contribution in [2.75, 3.05) is 0 Å². The van der Waals surface area contributed by atoms with E-state index in [1.54, 1.807) is 0 Å². The van der Waals surface area contributed by atoms with E-state index in [2.05, 4.69) is 97.1 Å². The second kappa shape index (κ2) is 8.53. The topological polar surface area (TPSA) is 29.5 Å². The van der Waals surface area contributed by atoms with Crippen LogP contribution in [-0.4, -0.2) is 5.11 Å². The molecule has 6 aromatic rings. The highest BCUT2D eigenvalue weighted by atomic mass is 16.5. The van der Waals surface area contributed by atoms with Crippen LogP contribution < -0.4 is 4.74 Å². The van der Waals surface area contributed by atoms with Gasteiger partial charge in [0.2, 0.25) is 0 Å². The molecular weight excluding hydrogens is 452 g/mol. The second-order valence-electron chi connectivity index (χ2n) is 9.85. The van der Waals surface area contributed by atoms with Crippen molar-refractivity contribution in [1.82, 2.24) is 0 Å². The Morgan fingerprint density at radius 1 is 0.595 bits per heavy atom. The number of fused-ring (bicyclic) bond motifs is 4. The molecule has 1 aliphatic rings. The van der Waals surface area contributed by atoms with Crippen molar-refractivity contribution in [3.8, 4) is 11.5 Å². The lowest BCUT2D eigenvalue weighted by Crippen LogP contribution is -2.40. The van der Waals surface area contributed by atoms with Gasteiger partial charge in [-0.1, -0.05) is 133 Å². The summed E-state index contributed by atoms with van der Waals surface area (Å²) in [5.74, 6) is 1.24. The van der Waals surface area contributed by atoms with Crippen LogP contribution in [0.2, 0.25) is 0 Å². The molecule has 0 fully saturated rings. The summed E-state index contributed by atoms with van der Waals surface area (Å²) >= 11 is 0. The minimum absolute atomic E-state index is 0.0839. The minimum Gasteiger partial charge on any atom is -0.507 e. The fraction of sp³-hybridized carbons (Fsp3) is 0.0857. The normalized spacial score (nSPS) is 18.9. The Labute approximate surface area is 216 Å². The van der Waals surface area contributed by atoms with E-state index in [4.69, 9.17) is 4.74 Å². The van der Waals surface area contributed by atoms with E-state index in [0.717, 1.165) is 38.4 Å². The number of rotatable bonds is 3. The molecule has 6 aromatic carbocycles. The van der Waals surface area contributed by atoms with Gasteiger partial charge in [-0.3, -0.25) is 0 Å². The predicted octanol–water partition coefficient (Wildman–Crippen LogP) is 8.56. The lowest BCUT2D eigenvalue weighted by atomic mass is 9.71. The maximum absolute atomic E-state index is 11.8. The zero-order chi connectivity index (χ0) is 24.8. The van der Waals surface area contributed by atoms with Crippen LogP contribution >= 0.6 is 0 Å². The van der Waals surface area contributed by atoms with Crippen LogP contribution in [0.25, 0.3) is 21.5 Å². The third kappa shape index (κ3) is 3.41. The number of phenolic OH excluding ortho intramolecular Hbond substituents is 1. The number of hydrogen-bond acceptors (Lipinski definition) is 2. The van der Waals surface area contributed by atoms with Gasteiger partial charge in [0.15, 0.2) is 5.60 Å². The molecular formula is C35H26O2. The van der Waals surface area contributed by atoms with Gasteiger partial charge in [-0.05, 0) is 16.3 Å². The highest BCUT2D eigenvalue weighted by Crippen LogP contribution is 2.55. The Morgan fingerprint density at radius 2 is 1.19 bits per heavy atom. The largest absolute Gasteiger partial charge is 0.507 e. The Balaban J connectivity index is 1.57. The Kier molecular flexibility index (Phi) is 5.00. The molecule has 0 spiro atoms. The van der Waals surface area contributed by atoms with Crippen LogP contribution in [0.5, 0.6) is 11.5 Å². The van der Waals surface area contributed by atoms with Gasteiger partial charge >= 0.3 is 0 Å². The summed E-state index contributed by atoms with van der Waals surface area (Å²) in [6.07, 6.45) is 0.665. The summed E-state index contributed by atoms with van der Waals surface area (Å²) < 4.78 is 7.23. The van der Waals surface area contributed by atoms with E-state index < -0.39 is 5.60 Å². The first-order chi connectivity index (χ1) is 18.2. The monoisotopic (exact) mass is 478 g/mol. The Hall–Kier alpha value is -4.56. The zero-order valence-corrected chi connectivity index (χ0v) is 20.3. The van der Waals surface area contributed by atoms with Crippen molar-refractivity contribution in [3.63, 3.8) is 0 Å². The molecule has 0 bridgehead atoms. The molecule has 0 radical (unpaired) electrons.